The largest absolute Gasteiger partial charge is 0.496 e. The third-order valence-electron chi connectivity index (χ3n) is 8.69. The lowest BCUT2D eigenvalue weighted by atomic mass is 9.92. The lowest BCUT2D eigenvalue weighted by Gasteiger charge is -2.17. The number of carbonyl (C=O) groups excluding carboxylic acids is 1. The Bertz CT molecular complexity index is 2150. The van der Waals surface area contributed by atoms with Crippen LogP contribution in [0, 0.1) is 13.8 Å². The number of aliphatic imine (C=N–C) groups is 1. The molecule has 12 nitrogen and oxygen atoms in total. The van der Waals surface area contributed by atoms with E-state index < -0.39 is 6.03 Å². The average molecular weight is 721 g/mol. The average Bonchev–Trinajstić information content (AvgIpc) is 3.58. The molecule has 2 amide bonds. The quantitative estimate of drug-likeness (QED) is 0.114. The lowest BCUT2D eigenvalue weighted by molar-refractivity contribution is 0.201. The van der Waals surface area contributed by atoms with Crippen LogP contribution in [0.15, 0.2) is 88.6 Å². The molecule has 0 aliphatic carbocycles. The maximum absolute atomic E-state index is 13.5. The van der Waals surface area contributed by atoms with Crippen molar-refractivity contribution in [3.63, 3.8) is 0 Å². The van der Waals surface area contributed by atoms with Crippen molar-refractivity contribution in [3.05, 3.63) is 128 Å². The van der Waals surface area contributed by atoms with Crippen LogP contribution in [0.1, 0.15) is 60.0 Å². The van der Waals surface area contributed by atoms with Gasteiger partial charge in [0.05, 0.1) is 37.2 Å². The molecule has 0 aliphatic heterocycles. The number of anilines is 1. The highest BCUT2D eigenvalue weighted by Crippen LogP contribution is 2.28. The number of aliphatic hydroxyl groups is 1. The van der Waals surface area contributed by atoms with Crippen molar-refractivity contribution in [2.24, 2.45) is 4.99 Å². The van der Waals surface area contributed by atoms with Gasteiger partial charge in [0, 0.05) is 48.6 Å². The Balaban J connectivity index is 1.27. The van der Waals surface area contributed by atoms with E-state index in [-0.39, 0.29) is 37.3 Å². The molecule has 0 fully saturated rings. The SMILES string of the molecule is CN=Cc1cc(Cn2c(C)cc(OCc3ccccc3CNC(=O)Nc3cc(C(C)(C)C)nn3-c3cccc(OCCO)c3)c(C)c2=O)ccc1OC. The molecule has 278 valence electrons. The highest BCUT2D eigenvalue weighted by Gasteiger charge is 2.22. The summed E-state index contributed by atoms with van der Waals surface area (Å²) in [6.45, 7) is 10.7. The van der Waals surface area contributed by atoms with E-state index in [0.29, 0.717) is 40.9 Å². The first-order valence-electron chi connectivity index (χ1n) is 17.4. The zero-order valence-electron chi connectivity index (χ0n) is 31.4. The van der Waals surface area contributed by atoms with E-state index >= 15 is 0 Å². The fraction of sp³-hybridized carbons (Fsp3) is 0.317. The van der Waals surface area contributed by atoms with Crippen molar-refractivity contribution >= 4 is 18.1 Å². The molecule has 0 spiro atoms. The Morgan fingerprint density at radius 3 is 2.45 bits per heavy atom. The topological polar surface area (TPSA) is 141 Å². The summed E-state index contributed by atoms with van der Waals surface area (Å²) in [5.74, 6) is 2.29. The second-order valence-corrected chi connectivity index (χ2v) is 13.6. The fourth-order valence-electron chi connectivity index (χ4n) is 5.76. The molecule has 2 heterocycles. The van der Waals surface area contributed by atoms with Crippen LogP contribution in [0.3, 0.4) is 0 Å². The Morgan fingerprint density at radius 1 is 0.962 bits per heavy atom. The highest BCUT2D eigenvalue weighted by molar-refractivity contribution is 5.88. The number of aromatic nitrogens is 3. The van der Waals surface area contributed by atoms with Crippen molar-refractivity contribution in [2.75, 3.05) is 32.7 Å². The number of methoxy groups -OCH3 is 1. The summed E-state index contributed by atoms with van der Waals surface area (Å²) < 4.78 is 20.7. The molecule has 0 saturated heterocycles. The summed E-state index contributed by atoms with van der Waals surface area (Å²) >= 11 is 0. The van der Waals surface area contributed by atoms with E-state index in [1.807, 2.05) is 73.7 Å². The number of nitrogens with one attached hydrogen (secondary N) is 2. The summed E-state index contributed by atoms with van der Waals surface area (Å²) in [7, 11) is 3.32. The molecule has 0 atom stereocenters. The minimum Gasteiger partial charge on any atom is -0.496 e. The Kier molecular flexibility index (Phi) is 12.4. The number of urea groups is 1. The maximum Gasteiger partial charge on any atom is 0.320 e. The molecule has 3 aromatic carbocycles. The number of hydrogen-bond acceptors (Lipinski definition) is 8. The van der Waals surface area contributed by atoms with E-state index in [2.05, 4.69) is 36.4 Å². The van der Waals surface area contributed by atoms with Gasteiger partial charge < -0.3 is 29.2 Å². The Morgan fingerprint density at radius 2 is 1.74 bits per heavy atom. The zero-order chi connectivity index (χ0) is 38.1. The summed E-state index contributed by atoms with van der Waals surface area (Å²) in [5.41, 5.74) is 5.90. The number of pyridine rings is 1. The second-order valence-electron chi connectivity index (χ2n) is 13.6. The van der Waals surface area contributed by atoms with Crippen LogP contribution < -0.4 is 30.4 Å². The molecular weight excluding hydrogens is 672 g/mol. The third-order valence-corrected chi connectivity index (χ3v) is 8.69. The van der Waals surface area contributed by atoms with Gasteiger partial charge >= 0.3 is 6.03 Å². The fourth-order valence-corrected chi connectivity index (χ4v) is 5.76. The second kappa shape index (κ2) is 17.1. The highest BCUT2D eigenvalue weighted by atomic mass is 16.5. The molecule has 12 heteroatoms. The number of aliphatic hydroxyl groups excluding tert-OH is 1. The summed E-state index contributed by atoms with van der Waals surface area (Å²) in [6.07, 6.45) is 1.73. The number of amides is 2. The van der Waals surface area contributed by atoms with Crippen LogP contribution in [0.25, 0.3) is 5.69 Å². The molecule has 5 aromatic rings. The first-order valence-corrected chi connectivity index (χ1v) is 17.4. The molecule has 0 saturated carbocycles. The molecule has 2 aromatic heterocycles. The normalized spacial score (nSPS) is 11.5. The van der Waals surface area contributed by atoms with Crippen molar-refractivity contribution < 1.29 is 24.1 Å². The molecule has 0 bridgehead atoms. The minimum absolute atomic E-state index is 0.0993. The van der Waals surface area contributed by atoms with Crippen LogP contribution in [0.4, 0.5) is 10.6 Å². The molecule has 3 N–H and O–H groups in total. The van der Waals surface area contributed by atoms with Crippen molar-refractivity contribution in [1.82, 2.24) is 19.7 Å². The van der Waals surface area contributed by atoms with Gasteiger partial charge in [-0.3, -0.25) is 15.1 Å². The maximum atomic E-state index is 13.5. The summed E-state index contributed by atoms with van der Waals surface area (Å²) in [5, 5.41) is 19.9. The number of benzene rings is 3. The van der Waals surface area contributed by atoms with Gasteiger partial charge in [-0.2, -0.15) is 5.10 Å². The van der Waals surface area contributed by atoms with Gasteiger partial charge in [0.25, 0.3) is 5.56 Å². The molecule has 0 radical (unpaired) electrons. The van der Waals surface area contributed by atoms with Crippen LogP contribution in [-0.4, -0.2) is 59.1 Å². The summed E-state index contributed by atoms with van der Waals surface area (Å²) in [6, 6.07) is 24.1. The van der Waals surface area contributed by atoms with E-state index in [0.717, 1.165) is 33.6 Å². The molecular formula is C41H48N6O6. The van der Waals surface area contributed by atoms with Gasteiger partial charge in [0.15, 0.2) is 0 Å². The third kappa shape index (κ3) is 9.52. The van der Waals surface area contributed by atoms with Crippen LogP contribution >= 0.6 is 0 Å². The van der Waals surface area contributed by atoms with E-state index in [1.54, 1.807) is 48.7 Å². The predicted molar refractivity (Wildman–Crippen MR) is 207 cm³/mol. The molecule has 0 unspecified atom stereocenters. The Labute approximate surface area is 310 Å². The number of nitrogens with zero attached hydrogens (tertiary/aromatic N) is 4. The number of aryl methyl sites for hydroxylation is 1. The molecule has 5 rings (SSSR count). The molecule has 53 heavy (non-hydrogen) atoms. The van der Waals surface area contributed by atoms with Gasteiger partial charge in [-0.15, -0.1) is 0 Å². The van der Waals surface area contributed by atoms with Crippen LogP contribution in [0.2, 0.25) is 0 Å². The van der Waals surface area contributed by atoms with Gasteiger partial charge in [0.1, 0.15) is 36.3 Å². The van der Waals surface area contributed by atoms with Gasteiger partial charge in [-0.1, -0.05) is 57.2 Å². The monoisotopic (exact) mass is 720 g/mol. The van der Waals surface area contributed by atoms with E-state index in [9.17, 15) is 14.7 Å². The minimum atomic E-state index is -0.406. The van der Waals surface area contributed by atoms with E-state index in [1.165, 1.54) is 0 Å². The van der Waals surface area contributed by atoms with Crippen molar-refractivity contribution in [1.29, 1.82) is 0 Å². The first-order chi connectivity index (χ1) is 25.4. The van der Waals surface area contributed by atoms with Gasteiger partial charge in [-0.05, 0) is 60.9 Å². The van der Waals surface area contributed by atoms with Crippen molar-refractivity contribution in [2.45, 2.75) is 59.7 Å². The zero-order valence-corrected chi connectivity index (χ0v) is 31.4. The van der Waals surface area contributed by atoms with Gasteiger partial charge in [-0.25, -0.2) is 9.48 Å². The van der Waals surface area contributed by atoms with Crippen LogP contribution in [0.5, 0.6) is 17.2 Å². The summed E-state index contributed by atoms with van der Waals surface area (Å²) in [4.78, 5) is 31.0. The number of ether oxygens (including phenoxy) is 3. The molecule has 0 aliphatic rings. The number of carbonyl (C=O) groups is 1. The number of rotatable bonds is 14. The van der Waals surface area contributed by atoms with E-state index in [4.69, 9.17) is 19.3 Å². The predicted octanol–water partition coefficient (Wildman–Crippen LogP) is 6.33. The standard InChI is InChI=1S/C41H48N6O6/c1-27-19-36(28(2)39(49)46(27)25-29-15-16-35(51-7)32(20-29)23-42-6)53-26-31-12-9-8-11-30(31)24-43-40(50)44-38-22-37(41(3,4)5)45-47(38)33-13-10-14-34(21-33)52-18-17-48/h8-16,19-23,48H,17-18,24-26H2,1-7H3,(H2,43,44,50). The first kappa shape index (κ1) is 38.4. The van der Waals surface area contributed by atoms with Crippen LogP contribution in [-0.2, 0) is 25.1 Å². The number of hydrogen-bond donors (Lipinski definition) is 3. The van der Waals surface area contributed by atoms with Crippen molar-refractivity contribution in [3.8, 4) is 22.9 Å². The lowest BCUT2D eigenvalue weighted by Crippen LogP contribution is -2.29. The van der Waals surface area contributed by atoms with Gasteiger partial charge in [0.2, 0.25) is 0 Å². The smallest absolute Gasteiger partial charge is 0.320 e. The Hall–Kier alpha value is -5.88.